The van der Waals surface area contributed by atoms with Crippen molar-refractivity contribution in [1.29, 1.82) is 0 Å². The van der Waals surface area contributed by atoms with Crippen LogP contribution in [0.1, 0.15) is 24.4 Å². The van der Waals surface area contributed by atoms with Gasteiger partial charge in [0.15, 0.2) is 0 Å². The molecular formula is C13H20N2O2. The largest absolute Gasteiger partial charge is 0.385 e. The number of methoxy groups -OCH3 is 1. The van der Waals surface area contributed by atoms with Gasteiger partial charge in [-0.2, -0.15) is 0 Å². The summed E-state index contributed by atoms with van der Waals surface area (Å²) in [5.74, 6) is -0.131. The van der Waals surface area contributed by atoms with Crippen LogP contribution < -0.4 is 11.1 Å². The Hall–Kier alpha value is -1.39. The maximum atomic E-state index is 11.7. The molecule has 3 N–H and O–H groups in total. The summed E-state index contributed by atoms with van der Waals surface area (Å²) in [6.45, 7) is 1.36. The number of nitrogens with one attached hydrogen (secondary N) is 1. The van der Waals surface area contributed by atoms with Crippen molar-refractivity contribution in [2.75, 3.05) is 20.3 Å². The van der Waals surface area contributed by atoms with Crippen LogP contribution in [0.3, 0.4) is 0 Å². The fraction of sp³-hybridized carbons (Fsp3) is 0.462. The molecule has 94 valence electrons. The molecule has 4 nitrogen and oxygen atoms in total. The Morgan fingerprint density at radius 3 is 2.71 bits per heavy atom. The molecule has 1 aromatic carbocycles. The lowest BCUT2D eigenvalue weighted by atomic mass is 10.1. The number of hydrogen-bond acceptors (Lipinski definition) is 3. The second kappa shape index (κ2) is 7.81. The molecule has 1 atom stereocenters. The third kappa shape index (κ3) is 4.97. The summed E-state index contributed by atoms with van der Waals surface area (Å²) in [6, 6.07) is 8.78. The van der Waals surface area contributed by atoms with Crippen LogP contribution >= 0.6 is 0 Å². The zero-order valence-corrected chi connectivity index (χ0v) is 10.2. The Balaban J connectivity index is 2.28. The first-order valence-electron chi connectivity index (χ1n) is 5.83. The number of carbonyl (C=O) groups is 1. The first kappa shape index (κ1) is 13.7. The van der Waals surface area contributed by atoms with Gasteiger partial charge in [-0.15, -0.1) is 0 Å². The first-order chi connectivity index (χ1) is 8.25. The normalized spacial score (nSPS) is 12.1. The lowest BCUT2D eigenvalue weighted by Gasteiger charge is -2.12. The highest BCUT2D eigenvalue weighted by atomic mass is 16.5. The van der Waals surface area contributed by atoms with E-state index >= 15 is 0 Å². The van der Waals surface area contributed by atoms with E-state index in [1.165, 1.54) is 0 Å². The van der Waals surface area contributed by atoms with Gasteiger partial charge >= 0.3 is 0 Å². The summed E-state index contributed by atoms with van der Waals surface area (Å²) in [5.41, 5.74) is 6.68. The van der Waals surface area contributed by atoms with Crippen molar-refractivity contribution in [2.45, 2.75) is 18.9 Å². The average molecular weight is 236 g/mol. The molecule has 4 heteroatoms. The Morgan fingerprint density at radius 2 is 2.06 bits per heavy atom. The van der Waals surface area contributed by atoms with E-state index < -0.39 is 6.04 Å². The standard InChI is InChI=1S/C13H20N2O2/c1-17-10-6-5-9-15-13(16)12(14)11-7-3-2-4-8-11/h2-4,7-8,12H,5-6,9-10,14H2,1H3,(H,15,16)/t12-/m1/s1. The number of hydrogen-bond donors (Lipinski definition) is 2. The fourth-order valence-corrected chi connectivity index (χ4v) is 1.50. The van der Waals surface area contributed by atoms with Gasteiger partial charge in [0.05, 0.1) is 0 Å². The number of amides is 1. The Kier molecular flexibility index (Phi) is 6.29. The van der Waals surface area contributed by atoms with Gasteiger partial charge in [0.1, 0.15) is 6.04 Å². The lowest BCUT2D eigenvalue weighted by molar-refractivity contribution is -0.122. The molecule has 0 radical (unpaired) electrons. The summed E-state index contributed by atoms with van der Waals surface area (Å²) in [6.07, 6.45) is 1.85. The summed E-state index contributed by atoms with van der Waals surface area (Å²) < 4.78 is 4.93. The number of rotatable bonds is 7. The van der Waals surface area contributed by atoms with Crippen LogP contribution in [0.25, 0.3) is 0 Å². The van der Waals surface area contributed by atoms with Crippen molar-refractivity contribution in [3.8, 4) is 0 Å². The number of ether oxygens (including phenoxy) is 1. The van der Waals surface area contributed by atoms with Crippen molar-refractivity contribution < 1.29 is 9.53 Å². The predicted molar refractivity (Wildman–Crippen MR) is 67.5 cm³/mol. The van der Waals surface area contributed by atoms with Crippen molar-refractivity contribution in [3.63, 3.8) is 0 Å². The van der Waals surface area contributed by atoms with Crippen LogP contribution in [-0.2, 0) is 9.53 Å². The lowest BCUT2D eigenvalue weighted by Crippen LogP contribution is -2.34. The average Bonchev–Trinajstić information content (AvgIpc) is 2.38. The van der Waals surface area contributed by atoms with Crippen molar-refractivity contribution in [3.05, 3.63) is 35.9 Å². The minimum absolute atomic E-state index is 0.131. The van der Waals surface area contributed by atoms with E-state index in [-0.39, 0.29) is 5.91 Å². The van der Waals surface area contributed by atoms with E-state index in [1.54, 1.807) is 7.11 Å². The predicted octanol–water partition coefficient (Wildman–Crippen LogP) is 1.23. The smallest absolute Gasteiger partial charge is 0.241 e. The number of unbranched alkanes of at least 4 members (excludes halogenated alkanes) is 1. The number of carbonyl (C=O) groups excluding carboxylic acids is 1. The van der Waals surface area contributed by atoms with E-state index in [0.717, 1.165) is 25.0 Å². The molecule has 0 saturated carbocycles. The molecule has 0 aliphatic heterocycles. The van der Waals surface area contributed by atoms with E-state index in [4.69, 9.17) is 10.5 Å². The summed E-state index contributed by atoms with van der Waals surface area (Å²) in [5, 5.41) is 2.82. The third-order valence-electron chi connectivity index (χ3n) is 2.52. The van der Waals surface area contributed by atoms with Gasteiger partial charge < -0.3 is 15.8 Å². The molecule has 0 aromatic heterocycles. The summed E-state index contributed by atoms with van der Waals surface area (Å²) in [4.78, 5) is 11.7. The van der Waals surface area contributed by atoms with Crippen LogP contribution in [0.15, 0.2) is 30.3 Å². The zero-order chi connectivity index (χ0) is 12.5. The second-order valence-corrected chi connectivity index (χ2v) is 3.88. The molecule has 0 unspecified atom stereocenters. The maximum Gasteiger partial charge on any atom is 0.241 e. The molecule has 17 heavy (non-hydrogen) atoms. The van der Waals surface area contributed by atoms with Crippen molar-refractivity contribution >= 4 is 5.91 Å². The molecule has 1 rings (SSSR count). The highest BCUT2D eigenvalue weighted by Crippen LogP contribution is 2.08. The van der Waals surface area contributed by atoms with Crippen LogP contribution in [0.5, 0.6) is 0 Å². The quantitative estimate of drug-likeness (QED) is 0.700. The minimum atomic E-state index is -0.585. The minimum Gasteiger partial charge on any atom is -0.385 e. The SMILES string of the molecule is COCCCCNC(=O)[C@H](N)c1ccccc1. The third-order valence-corrected chi connectivity index (χ3v) is 2.52. The maximum absolute atomic E-state index is 11.7. The monoisotopic (exact) mass is 236 g/mol. The molecule has 0 heterocycles. The highest BCUT2D eigenvalue weighted by Gasteiger charge is 2.14. The van der Waals surface area contributed by atoms with Gasteiger partial charge in [0.25, 0.3) is 0 Å². The molecule has 0 fully saturated rings. The number of benzene rings is 1. The molecule has 1 amide bonds. The topological polar surface area (TPSA) is 64.3 Å². The summed E-state index contributed by atoms with van der Waals surface area (Å²) >= 11 is 0. The summed E-state index contributed by atoms with van der Waals surface area (Å²) in [7, 11) is 1.67. The van der Waals surface area contributed by atoms with E-state index in [1.807, 2.05) is 30.3 Å². The van der Waals surface area contributed by atoms with Gasteiger partial charge in [0, 0.05) is 20.3 Å². The van der Waals surface area contributed by atoms with Crippen LogP contribution in [0.2, 0.25) is 0 Å². The van der Waals surface area contributed by atoms with Gasteiger partial charge in [0.2, 0.25) is 5.91 Å². The van der Waals surface area contributed by atoms with Crippen molar-refractivity contribution in [1.82, 2.24) is 5.32 Å². The van der Waals surface area contributed by atoms with Gasteiger partial charge in [-0.3, -0.25) is 4.79 Å². The second-order valence-electron chi connectivity index (χ2n) is 3.88. The van der Waals surface area contributed by atoms with Gasteiger partial charge in [-0.25, -0.2) is 0 Å². The number of nitrogens with two attached hydrogens (primary N) is 1. The molecule has 1 aromatic rings. The van der Waals surface area contributed by atoms with E-state index in [0.29, 0.717) is 6.54 Å². The molecule has 0 aliphatic carbocycles. The van der Waals surface area contributed by atoms with Crippen LogP contribution in [0, 0.1) is 0 Å². The molecule has 0 saturated heterocycles. The molecule has 0 spiro atoms. The fourth-order valence-electron chi connectivity index (χ4n) is 1.50. The van der Waals surface area contributed by atoms with Crippen LogP contribution in [-0.4, -0.2) is 26.2 Å². The first-order valence-corrected chi connectivity index (χ1v) is 5.83. The van der Waals surface area contributed by atoms with E-state index in [9.17, 15) is 4.79 Å². The Bertz CT molecular complexity index is 327. The highest BCUT2D eigenvalue weighted by molar-refractivity contribution is 5.82. The molecule has 0 bridgehead atoms. The van der Waals surface area contributed by atoms with Gasteiger partial charge in [-0.05, 0) is 18.4 Å². The Labute approximate surface area is 102 Å². The molecular weight excluding hydrogens is 216 g/mol. The zero-order valence-electron chi connectivity index (χ0n) is 10.2. The van der Waals surface area contributed by atoms with Crippen LogP contribution in [0.4, 0.5) is 0 Å². The Morgan fingerprint density at radius 1 is 1.35 bits per heavy atom. The van der Waals surface area contributed by atoms with E-state index in [2.05, 4.69) is 5.32 Å². The van der Waals surface area contributed by atoms with Crippen molar-refractivity contribution in [2.24, 2.45) is 5.73 Å². The molecule has 0 aliphatic rings. The van der Waals surface area contributed by atoms with Gasteiger partial charge in [-0.1, -0.05) is 30.3 Å².